The van der Waals surface area contributed by atoms with Gasteiger partial charge in [0.25, 0.3) is 5.91 Å². The molecule has 190 valence electrons. The van der Waals surface area contributed by atoms with Gasteiger partial charge in [0.05, 0.1) is 10.5 Å². The third-order valence-corrected chi connectivity index (χ3v) is 4.80. The number of halogens is 4. The van der Waals surface area contributed by atoms with Crippen LogP contribution in [0.15, 0.2) is 48.7 Å². The zero-order valence-corrected chi connectivity index (χ0v) is 19.6. The minimum Gasteiger partial charge on any atom is -0.481 e. The number of ether oxygens (including phenoxy) is 2. The minimum atomic E-state index is -4.59. The quantitative estimate of drug-likeness (QED) is 0.269. The first-order valence-electron chi connectivity index (χ1n) is 10.4. The number of carbonyl (C=O) groups is 1. The Balaban J connectivity index is 1.65. The van der Waals surface area contributed by atoms with Crippen molar-refractivity contribution in [3.05, 3.63) is 69.4 Å². The highest BCUT2D eigenvalue weighted by Gasteiger charge is 2.32. The highest BCUT2D eigenvalue weighted by molar-refractivity contribution is 6.31. The number of rotatable bonds is 9. The maximum Gasteiger partial charge on any atom is 0.417 e. The van der Waals surface area contributed by atoms with Gasteiger partial charge in [-0.15, -0.1) is 0 Å². The first kappa shape index (κ1) is 26.5. The van der Waals surface area contributed by atoms with E-state index >= 15 is 0 Å². The monoisotopic (exact) mass is 525 g/mol. The van der Waals surface area contributed by atoms with Gasteiger partial charge in [-0.1, -0.05) is 11.6 Å². The number of benzene rings is 1. The molecule has 3 rings (SSSR count). The number of alkyl halides is 3. The second-order valence-electron chi connectivity index (χ2n) is 7.18. The summed E-state index contributed by atoms with van der Waals surface area (Å²) in [5.41, 5.74) is -1.39. The van der Waals surface area contributed by atoms with Crippen LogP contribution in [0.5, 0.6) is 17.4 Å². The Hall–Kier alpha value is -4.13. The number of hydrogen-bond acceptors (Lipinski definition) is 8. The van der Waals surface area contributed by atoms with Crippen LogP contribution in [0.25, 0.3) is 0 Å². The van der Waals surface area contributed by atoms with Crippen LogP contribution in [0.2, 0.25) is 5.02 Å². The number of nitrogens with zero attached hydrogens (tertiary/aromatic N) is 3. The molecule has 3 aromatic rings. The number of nitrogens with one attached hydrogen (secondary N) is 2. The number of carbonyl (C=O) groups excluding carboxylic acids is 1. The van der Waals surface area contributed by atoms with Crippen LogP contribution in [0.1, 0.15) is 19.4 Å². The highest BCUT2D eigenvalue weighted by atomic mass is 35.5. The lowest BCUT2D eigenvalue weighted by molar-refractivity contribution is -0.384. The summed E-state index contributed by atoms with van der Waals surface area (Å²) in [6.07, 6.45) is -5.05. The lowest BCUT2D eigenvalue weighted by Gasteiger charge is -2.15. The molecular weight excluding hydrogens is 507 g/mol. The number of aromatic nitrogens is 2. The summed E-state index contributed by atoms with van der Waals surface area (Å²) in [6, 6.07) is 9.11. The standard InChI is InChI=1S/C22H19ClF3N5O5/c1-3-27-18-9-8-17(31(33)34)19(29-18)30-20(32)12(2)35-14-4-6-15(7-5-14)36-21-16(23)10-13(11-28-21)22(24,25)26/h4-12H,3H2,1-2H3,(H2,27,29,30,32). The smallest absolute Gasteiger partial charge is 0.417 e. The van der Waals surface area contributed by atoms with Crippen LogP contribution in [0, 0.1) is 10.1 Å². The van der Waals surface area contributed by atoms with E-state index < -0.39 is 28.7 Å². The van der Waals surface area contributed by atoms with Gasteiger partial charge in [0.1, 0.15) is 22.3 Å². The third-order valence-electron chi connectivity index (χ3n) is 4.53. The van der Waals surface area contributed by atoms with Gasteiger partial charge in [-0.05, 0) is 50.2 Å². The Morgan fingerprint density at radius 3 is 2.44 bits per heavy atom. The normalized spacial score (nSPS) is 11.9. The predicted octanol–water partition coefficient (Wildman–Crippen LogP) is 5.69. The molecule has 1 atom stereocenters. The molecule has 2 N–H and O–H groups in total. The van der Waals surface area contributed by atoms with E-state index in [4.69, 9.17) is 21.1 Å². The molecule has 0 saturated carbocycles. The average molecular weight is 526 g/mol. The van der Waals surface area contributed by atoms with Crippen LogP contribution in [-0.4, -0.2) is 33.4 Å². The van der Waals surface area contributed by atoms with Gasteiger partial charge in [0.15, 0.2) is 6.10 Å². The van der Waals surface area contributed by atoms with E-state index in [-0.39, 0.29) is 33.9 Å². The van der Waals surface area contributed by atoms with E-state index in [9.17, 15) is 28.1 Å². The molecule has 0 aliphatic carbocycles. The van der Waals surface area contributed by atoms with E-state index in [0.717, 1.165) is 0 Å². The Bertz CT molecular complexity index is 1260. The van der Waals surface area contributed by atoms with Crippen molar-refractivity contribution in [1.82, 2.24) is 9.97 Å². The van der Waals surface area contributed by atoms with Gasteiger partial charge in [0, 0.05) is 18.8 Å². The number of anilines is 2. The molecule has 36 heavy (non-hydrogen) atoms. The molecule has 1 unspecified atom stereocenters. The van der Waals surface area contributed by atoms with Crippen molar-refractivity contribution in [3.63, 3.8) is 0 Å². The molecule has 14 heteroatoms. The molecule has 2 aromatic heterocycles. The minimum absolute atomic E-state index is 0.202. The van der Waals surface area contributed by atoms with E-state index in [0.29, 0.717) is 24.6 Å². The fourth-order valence-electron chi connectivity index (χ4n) is 2.80. The molecule has 0 aliphatic heterocycles. The summed E-state index contributed by atoms with van der Waals surface area (Å²) in [7, 11) is 0. The van der Waals surface area contributed by atoms with Gasteiger partial charge >= 0.3 is 11.9 Å². The van der Waals surface area contributed by atoms with Crippen molar-refractivity contribution < 1.29 is 32.4 Å². The molecule has 0 radical (unpaired) electrons. The maximum atomic E-state index is 12.7. The van der Waals surface area contributed by atoms with Crippen molar-refractivity contribution in [3.8, 4) is 17.4 Å². The molecular formula is C22H19ClF3N5O5. The second kappa shape index (κ2) is 11.1. The largest absolute Gasteiger partial charge is 0.481 e. The van der Waals surface area contributed by atoms with Gasteiger partial charge < -0.3 is 20.1 Å². The molecule has 0 aliphatic rings. The van der Waals surface area contributed by atoms with E-state index in [2.05, 4.69) is 20.6 Å². The predicted molar refractivity (Wildman–Crippen MR) is 125 cm³/mol. The molecule has 1 aromatic carbocycles. The van der Waals surface area contributed by atoms with Crippen molar-refractivity contribution in [2.45, 2.75) is 26.1 Å². The van der Waals surface area contributed by atoms with E-state index in [1.165, 1.54) is 43.3 Å². The van der Waals surface area contributed by atoms with Gasteiger partial charge in [-0.3, -0.25) is 14.9 Å². The summed E-state index contributed by atoms with van der Waals surface area (Å²) >= 11 is 5.84. The second-order valence-corrected chi connectivity index (χ2v) is 7.59. The lowest BCUT2D eigenvalue weighted by atomic mass is 10.3. The topological polar surface area (TPSA) is 129 Å². The highest BCUT2D eigenvalue weighted by Crippen LogP contribution is 2.35. The first-order valence-corrected chi connectivity index (χ1v) is 10.7. The van der Waals surface area contributed by atoms with E-state index in [1.807, 2.05) is 6.92 Å². The maximum absolute atomic E-state index is 12.7. The fraction of sp³-hybridized carbons (Fsp3) is 0.227. The lowest BCUT2D eigenvalue weighted by Crippen LogP contribution is -2.30. The Morgan fingerprint density at radius 2 is 1.86 bits per heavy atom. The SMILES string of the molecule is CCNc1ccc([N+](=O)[O-])c(NC(=O)C(C)Oc2ccc(Oc3ncc(C(F)(F)F)cc3Cl)cc2)n1. The van der Waals surface area contributed by atoms with Crippen molar-refractivity contribution in [2.75, 3.05) is 17.2 Å². The molecule has 0 bridgehead atoms. The van der Waals surface area contributed by atoms with Crippen molar-refractivity contribution >= 4 is 34.8 Å². The van der Waals surface area contributed by atoms with Gasteiger partial charge in [0.2, 0.25) is 11.7 Å². The zero-order chi connectivity index (χ0) is 26.5. The summed E-state index contributed by atoms with van der Waals surface area (Å²) in [4.78, 5) is 30.8. The van der Waals surface area contributed by atoms with Crippen LogP contribution in [0.4, 0.5) is 30.5 Å². The van der Waals surface area contributed by atoms with Crippen LogP contribution in [0.3, 0.4) is 0 Å². The van der Waals surface area contributed by atoms with Crippen molar-refractivity contribution in [1.29, 1.82) is 0 Å². The number of amides is 1. The molecule has 0 fully saturated rings. The van der Waals surface area contributed by atoms with Crippen LogP contribution >= 0.6 is 11.6 Å². The zero-order valence-electron chi connectivity index (χ0n) is 18.8. The summed E-state index contributed by atoms with van der Waals surface area (Å²) in [5.74, 6) is -0.331. The Morgan fingerprint density at radius 1 is 1.19 bits per heavy atom. The Labute approximate surface area is 207 Å². The average Bonchev–Trinajstić information content (AvgIpc) is 2.81. The molecule has 1 amide bonds. The summed E-state index contributed by atoms with van der Waals surface area (Å²) < 4.78 is 49.2. The van der Waals surface area contributed by atoms with E-state index in [1.54, 1.807) is 0 Å². The third kappa shape index (κ3) is 6.72. The molecule has 10 nitrogen and oxygen atoms in total. The summed E-state index contributed by atoms with van der Waals surface area (Å²) in [6.45, 7) is 3.78. The Kier molecular flexibility index (Phi) is 8.14. The van der Waals surface area contributed by atoms with Crippen molar-refractivity contribution in [2.24, 2.45) is 0 Å². The van der Waals surface area contributed by atoms with Crippen LogP contribution in [-0.2, 0) is 11.0 Å². The fourth-order valence-corrected chi connectivity index (χ4v) is 3.00. The van der Waals surface area contributed by atoms with Crippen LogP contribution < -0.4 is 20.1 Å². The van der Waals surface area contributed by atoms with Gasteiger partial charge in [-0.25, -0.2) is 9.97 Å². The molecule has 0 saturated heterocycles. The number of hydrogen-bond donors (Lipinski definition) is 2. The molecule has 2 heterocycles. The summed E-state index contributed by atoms with van der Waals surface area (Å²) in [5, 5.41) is 16.2. The van der Waals surface area contributed by atoms with Gasteiger partial charge in [-0.2, -0.15) is 13.2 Å². The number of pyridine rings is 2. The molecule has 0 spiro atoms. The number of nitro groups is 1. The first-order chi connectivity index (χ1) is 17.0.